The van der Waals surface area contributed by atoms with Crippen molar-refractivity contribution < 1.29 is 95.3 Å². The van der Waals surface area contributed by atoms with Gasteiger partial charge in [-0.05, 0) is 313 Å². The van der Waals surface area contributed by atoms with Gasteiger partial charge in [-0.25, -0.2) is 43.3 Å². The summed E-state index contributed by atoms with van der Waals surface area (Å²) in [6.07, 6.45) is 8.14. The lowest BCUT2D eigenvalue weighted by Crippen LogP contribution is -2.45. The Bertz CT molecular complexity index is 5350. The average molecular weight is 2400 g/mol. The summed E-state index contributed by atoms with van der Waals surface area (Å²) in [4.78, 5) is 59.2. The first-order valence-electron chi connectivity index (χ1n) is 47.2. The summed E-state index contributed by atoms with van der Waals surface area (Å²) in [6.45, 7) is 47.1. The molecule has 6 saturated heterocycles. The third-order valence-corrected chi connectivity index (χ3v) is 35.7. The molecule has 6 aromatic carbocycles. The second-order valence-electron chi connectivity index (χ2n) is 41.8. The highest BCUT2D eigenvalue weighted by Crippen LogP contribution is 2.40. The monoisotopic (exact) mass is 2400 g/mol. The van der Waals surface area contributed by atoms with E-state index in [1.165, 1.54) is 9.79 Å². The van der Waals surface area contributed by atoms with E-state index in [2.05, 4.69) is 132 Å². The van der Waals surface area contributed by atoms with Crippen LogP contribution in [0.3, 0.4) is 0 Å². The molecule has 0 spiro atoms. The van der Waals surface area contributed by atoms with E-state index in [-0.39, 0.29) is 101 Å². The maximum atomic E-state index is 12.8. The summed E-state index contributed by atoms with van der Waals surface area (Å²) in [5.41, 5.74) is -1.26. The summed E-state index contributed by atoms with van der Waals surface area (Å²) in [5.74, 6) is -0.287. The van der Waals surface area contributed by atoms with Gasteiger partial charge in [-0.2, -0.15) is 0 Å². The van der Waals surface area contributed by atoms with Crippen LogP contribution in [0, 0.1) is 38.9 Å². The maximum Gasteiger partial charge on any atom is 0.494 e. The third-order valence-electron chi connectivity index (χ3n) is 25.3. The zero-order chi connectivity index (χ0) is 104. The normalized spacial score (nSPS) is 18.3. The van der Waals surface area contributed by atoms with Crippen LogP contribution < -0.4 is 10.8 Å². The number of thioether (sulfide) groups is 2. The first kappa shape index (κ1) is 123. The van der Waals surface area contributed by atoms with E-state index >= 15 is 0 Å². The molecule has 6 aromatic rings. The van der Waals surface area contributed by atoms with Crippen molar-refractivity contribution in [3.05, 3.63) is 168 Å². The summed E-state index contributed by atoms with van der Waals surface area (Å²) in [5, 5.41) is 3.91. The average Bonchev–Trinajstić information content (AvgIpc) is 1.62. The van der Waals surface area contributed by atoms with Crippen molar-refractivity contribution in [1.29, 1.82) is 0 Å². The molecule has 6 aliphatic rings. The number of sulfone groups is 4. The van der Waals surface area contributed by atoms with Gasteiger partial charge in [0.15, 0.2) is 23.8 Å². The Labute approximate surface area is 890 Å². The predicted molar refractivity (Wildman–Crippen MR) is 576 cm³/mol. The van der Waals surface area contributed by atoms with Gasteiger partial charge < -0.3 is 67.4 Å². The molecule has 0 bridgehead atoms. The first-order valence-corrected chi connectivity index (χ1v) is 60.3. The fourth-order valence-corrected chi connectivity index (χ4v) is 22.0. The van der Waals surface area contributed by atoms with E-state index in [1.54, 1.807) is 125 Å². The van der Waals surface area contributed by atoms with Crippen LogP contribution in [0.1, 0.15) is 196 Å². The molecular formula is C101H146BBr5ClN5O21S6. The largest absolute Gasteiger partial charge is 0.494 e. The van der Waals surface area contributed by atoms with Crippen molar-refractivity contribution >= 4 is 191 Å². The van der Waals surface area contributed by atoms with Gasteiger partial charge in [-0.1, -0.05) is 166 Å². The fourth-order valence-electron chi connectivity index (χ4n) is 15.3. The molecule has 4 amide bonds. The minimum Gasteiger partial charge on any atom is -0.444 e. The number of rotatable bonds is 30. The van der Waals surface area contributed by atoms with Crippen LogP contribution in [0.15, 0.2) is 197 Å². The van der Waals surface area contributed by atoms with Crippen LogP contribution in [-0.2, 0) is 91.4 Å². The zero-order valence-corrected chi connectivity index (χ0v) is 98.2. The number of benzene rings is 6. The first-order chi connectivity index (χ1) is 65.1. The second-order valence-corrected chi connectivity index (χ2v) is 56.8. The van der Waals surface area contributed by atoms with Gasteiger partial charge in [-0.15, -0.1) is 23.4 Å². The Kier molecular flexibility index (Phi) is 48.0. The lowest BCUT2D eigenvalue weighted by Gasteiger charge is -2.39. The van der Waals surface area contributed by atoms with Gasteiger partial charge in [0.05, 0.1) is 75.0 Å². The Morgan fingerprint density at radius 3 is 0.864 bits per heavy atom. The Balaban J connectivity index is 0.000000233. The number of piperidine rings is 5. The summed E-state index contributed by atoms with van der Waals surface area (Å²) in [7, 11) is -14.4. The molecule has 0 radical (unpaired) electrons. The SMILES string of the molecule is CC(C)C(=O)N1CCC(C)(COCS(=O)(=O)c2ccc(B3OC(C)(C)C(C)(C)O3)cc2)CC1.CC(C)C(=O)N1CCC(C)(COCS(=O)(=O)c2ccc(Br)cc2)CC1.CC1(COCS(=O)(=O)c2ccc(Br)cc2)CCN(C(=O)OC(C)(C)C)CC1.CC1(COCS(=O)(=O)c2ccc(Br)cc2)CCNCC1.CC1(COCSc2ccc(Br)cc2)CCN(C(=O)OC(C)(C)C)CC1.ClCSc1ccc(Br)cc1. The Hall–Kier alpha value is -4.27. The number of carbonyl (C=O) groups is 4. The van der Waals surface area contributed by atoms with Crippen LogP contribution >= 0.6 is 115 Å². The number of ether oxygens (including phenoxy) is 7. The van der Waals surface area contributed by atoms with E-state index in [1.807, 2.05) is 148 Å². The van der Waals surface area contributed by atoms with Crippen molar-refractivity contribution in [2.75, 3.05) is 133 Å². The number of nitrogens with one attached hydrogen (secondary N) is 1. The van der Waals surface area contributed by atoms with Gasteiger partial charge >= 0.3 is 19.3 Å². The van der Waals surface area contributed by atoms with E-state index in [4.69, 9.17) is 54.1 Å². The molecule has 6 heterocycles. The summed E-state index contributed by atoms with van der Waals surface area (Å²) >= 11 is 25.5. The molecule has 6 fully saturated rings. The topological polar surface area (TPSA) is 313 Å². The molecule has 782 valence electrons. The maximum absolute atomic E-state index is 12.8. The smallest absolute Gasteiger partial charge is 0.444 e. The molecule has 0 unspecified atom stereocenters. The van der Waals surface area contributed by atoms with Crippen LogP contribution in [-0.4, -0.2) is 240 Å². The molecule has 1 N–H and O–H groups in total. The van der Waals surface area contributed by atoms with Crippen molar-refractivity contribution in [2.45, 2.75) is 248 Å². The highest BCUT2D eigenvalue weighted by atomic mass is 79.9. The number of amides is 4. The van der Waals surface area contributed by atoms with Crippen molar-refractivity contribution in [3.63, 3.8) is 0 Å². The van der Waals surface area contributed by atoms with Crippen LogP contribution in [0.2, 0.25) is 0 Å². The third kappa shape index (κ3) is 41.7. The number of hydrogen-bond acceptors (Lipinski definition) is 24. The van der Waals surface area contributed by atoms with Crippen LogP contribution in [0.25, 0.3) is 0 Å². The van der Waals surface area contributed by atoms with Crippen molar-refractivity contribution in [3.8, 4) is 0 Å². The van der Waals surface area contributed by atoms with Gasteiger partial charge in [0, 0.05) is 96.3 Å². The molecule has 39 heteroatoms. The fraction of sp³-hybridized carbons (Fsp3) is 0.604. The van der Waals surface area contributed by atoms with E-state index in [9.17, 15) is 52.8 Å². The van der Waals surface area contributed by atoms with Gasteiger partial charge in [0.1, 0.15) is 11.2 Å². The molecule has 0 saturated carbocycles. The summed E-state index contributed by atoms with van der Waals surface area (Å²) in [6, 6.07) is 42.7. The highest BCUT2D eigenvalue weighted by Gasteiger charge is 2.52. The van der Waals surface area contributed by atoms with Gasteiger partial charge in [-0.3, -0.25) is 9.59 Å². The number of carbonyl (C=O) groups excluding carboxylic acids is 4. The minimum absolute atomic E-state index is 0.00749. The second kappa shape index (κ2) is 54.8. The molecule has 0 aromatic heterocycles. The standard InChI is InChI=1S/C24H38BNO6S.C19H28BrNO5S.C19H28BrNO3S.C18H26BrNO4S.C14H20BrNO3S.C7H6BrClS/c1-18(2)21(27)26-14-12-24(7,13-15-26)16-30-17-33(28,29)20-10-8-19(9-11-20)25-31-22(3,4)23(5,6)32-25;1-18(2,3)26-17(22)21-11-9-19(4,10-12-21)13-25-14-27(23,24)16-7-5-15(20)6-8-16;1-18(2,3)24-17(22)21-11-9-19(4,10-12-21)13-23-14-25-16-7-5-15(20)6-8-16;1-14(2)17(21)20-10-8-18(3,9-11-20)12-24-13-25(22,23)16-6-4-15(19)5-7-16;1-14(6-8-16-9-7-14)10-19-11-20(17,18)13-4-2-12(15)3-5-13;8-6-1-3-7(4-2-6)10-5-9/h8-11,18H,12-17H2,1-7H3;5-8H,9-14H2,1-4H3;5-8H,9-14H2,1-4H3;4-7,14H,8-13H2,1-3H3;2-5,16H,6-11H2,1H3;1-4H,5H2. The van der Waals surface area contributed by atoms with E-state index in [0.29, 0.717) is 81.7 Å². The molecule has 6 aliphatic heterocycles. The molecule has 12 rings (SSSR count). The van der Waals surface area contributed by atoms with Crippen molar-refractivity contribution in [2.24, 2.45) is 38.9 Å². The van der Waals surface area contributed by atoms with Gasteiger partial charge in [0.2, 0.25) is 51.2 Å². The highest BCUT2D eigenvalue weighted by molar-refractivity contribution is 9.11. The zero-order valence-electron chi connectivity index (χ0n) is 84.6. The molecule has 26 nitrogen and oxygen atoms in total. The number of likely N-dealkylation sites (tertiary alicyclic amines) is 4. The minimum atomic E-state index is -3.58. The number of alkyl halides is 1. The lowest BCUT2D eigenvalue weighted by molar-refractivity contribution is -0.138. The Morgan fingerprint density at radius 1 is 0.371 bits per heavy atom. The quantitative estimate of drug-likeness (QED) is 0.0144. The summed E-state index contributed by atoms with van der Waals surface area (Å²) < 4.78 is 155. The van der Waals surface area contributed by atoms with Crippen LogP contribution in [0.4, 0.5) is 9.59 Å². The molecule has 140 heavy (non-hydrogen) atoms. The number of halogens is 6. The number of hydrogen-bond donors (Lipinski definition) is 1. The van der Waals surface area contributed by atoms with Gasteiger partial charge in [0.25, 0.3) is 0 Å². The van der Waals surface area contributed by atoms with E-state index in [0.717, 1.165) is 125 Å². The lowest BCUT2D eigenvalue weighted by atomic mass is 9.79. The van der Waals surface area contributed by atoms with E-state index < -0.39 is 68.9 Å². The molecular weight excluding hydrogens is 2260 g/mol. The predicted octanol–water partition coefficient (Wildman–Crippen LogP) is 22.6. The van der Waals surface area contributed by atoms with Crippen LogP contribution in [0.5, 0.6) is 0 Å². The number of nitrogens with zero attached hydrogens (tertiary/aromatic N) is 4. The van der Waals surface area contributed by atoms with Crippen molar-refractivity contribution in [1.82, 2.24) is 24.9 Å². The molecule has 0 atom stereocenters. The molecule has 0 aliphatic carbocycles. The Morgan fingerprint density at radius 2 is 0.607 bits per heavy atom.